The molecule has 1 aromatic carbocycles. The maximum Gasteiger partial charge on any atom is 0.225 e. The third-order valence-electron chi connectivity index (χ3n) is 4.96. The topological polar surface area (TPSA) is 75.2 Å². The Morgan fingerprint density at radius 2 is 1.87 bits per heavy atom. The molecule has 2 N–H and O–H groups in total. The van der Waals surface area contributed by atoms with Crippen molar-refractivity contribution in [1.82, 2.24) is 15.0 Å². The first kappa shape index (κ1) is 18.8. The molecule has 0 atom stereocenters. The molecule has 0 spiro atoms. The number of nitrogens with one attached hydrogen (secondary N) is 2. The van der Waals surface area contributed by atoms with E-state index in [0.717, 1.165) is 53.7 Å². The Balaban J connectivity index is 1.35. The van der Waals surface area contributed by atoms with Crippen LogP contribution in [0.15, 0.2) is 60.1 Å². The number of hydrogen-bond donors (Lipinski definition) is 2. The highest BCUT2D eigenvalue weighted by molar-refractivity contribution is 7.17. The fourth-order valence-corrected chi connectivity index (χ4v) is 4.19. The zero-order valence-electron chi connectivity index (χ0n) is 16.4. The number of pyridine rings is 1. The van der Waals surface area contributed by atoms with E-state index in [1.807, 2.05) is 29.6 Å². The molecule has 7 nitrogen and oxygen atoms in total. The van der Waals surface area contributed by atoms with Crippen LogP contribution in [0.2, 0.25) is 0 Å². The molecule has 0 radical (unpaired) electrons. The Morgan fingerprint density at radius 3 is 2.67 bits per heavy atom. The van der Waals surface area contributed by atoms with Crippen LogP contribution in [0, 0.1) is 0 Å². The van der Waals surface area contributed by atoms with Gasteiger partial charge in [0.25, 0.3) is 0 Å². The Labute approximate surface area is 178 Å². The molecule has 0 amide bonds. The summed E-state index contributed by atoms with van der Waals surface area (Å²) in [5, 5.41) is 8.78. The molecule has 30 heavy (non-hydrogen) atoms. The summed E-state index contributed by atoms with van der Waals surface area (Å²) in [6.45, 7) is 4.00. The standard InChI is InChI=1S/C22H22N6OS/c1-2-9-23-17(3-1)15-24-22-26-19-8-14-30-20(19)21(27-22)25-16-4-6-18(7-5-16)28-10-12-29-13-11-28/h1-9,14H,10-13,15H2,(H2,24,25,26,27). The minimum absolute atomic E-state index is 0.574. The van der Waals surface area contributed by atoms with Crippen LogP contribution in [0.25, 0.3) is 10.2 Å². The third kappa shape index (κ3) is 4.19. The van der Waals surface area contributed by atoms with Gasteiger partial charge in [0.1, 0.15) is 0 Å². The normalized spacial score (nSPS) is 14.1. The van der Waals surface area contributed by atoms with E-state index in [4.69, 9.17) is 9.72 Å². The number of hydrogen-bond acceptors (Lipinski definition) is 8. The lowest BCUT2D eigenvalue weighted by Gasteiger charge is -2.28. The van der Waals surface area contributed by atoms with E-state index in [-0.39, 0.29) is 0 Å². The number of fused-ring (bicyclic) bond motifs is 1. The number of nitrogens with zero attached hydrogens (tertiary/aromatic N) is 4. The molecule has 4 aromatic rings. The van der Waals surface area contributed by atoms with Crippen LogP contribution in [0.1, 0.15) is 5.69 Å². The van der Waals surface area contributed by atoms with Gasteiger partial charge in [0.05, 0.1) is 35.7 Å². The van der Waals surface area contributed by atoms with Crippen molar-refractivity contribution in [3.05, 3.63) is 65.8 Å². The van der Waals surface area contributed by atoms with Crippen LogP contribution in [0.5, 0.6) is 0 Å². The zero-order valence-corrected chi connectivity index (χ0v) is 17.2. The Hall–Kier alpha value is -3.23. The summed E-state index contributed by atoms with van der Waals surface area (Å²) in [4.78, 5) is 16.0. The van der Waals surface area contributed by atoms with Gasteiger partial charge in [-0.2, -0.15) is 4.98 Å². The predicted molar refractivity (Wildman–Crippen MR) is 122 cm³/mol. The second kappa shape index (κ2) is 8.64. The largest absolute Gasteiger partial charge is 0.378 e. The minimum Gasteiger partial charge on any atom is -0.378 e. The van der Waals surface area contributed by atoms with Gasteiger partial charge in [0.15, 0.2) is 5.82 Å². The third-order valence-corrected chi connectivity index (χ3v) is 5.87. The van der Waals surface area contributed by atoms with Crippen LogP contribution in [0.4, 0.5) is 23.1 Å². The van der Waals surface area contributed by atoms with Crippen LogP contribution < -0.4 is 15.5 Å². The lowest BCUT2D eigenvalue weighted by molar-refractivity contribution is 0.122. The summed E-state index contributed by atoms with van der Waals surface area (Å²) in [7, 11) is 0. The SMILES string of the molecule is c1ccc(CNc2nc(Nc3ccc(N4CCOCC4)cc3)c3sccc3n2)nc1. The maximum atomic E-state index is 5.44. The molecular formula is C22H22N6OS. The summed E-state index contributed by atoms with van der Waals surface area (Å²) in [5.74, 6) is 1.39. The van der Waals surface area contributed by atoms with Gasteiger partial charge >= 0.3 is 0 Å². The van der Waals surface area contributed by atoms with Crippen LogP contribution in [-0.2, 0) is 11.3 Å². The smallest absolute Gasteiger partial charge is 0.225 e. The van der Waals surface area contributed by atoms with Gasteiger partial charge in [-0.25, -0.2) is 4.98 Å². The van der Waals surface area contributed by atoms with Gasteiger partial charge in [-0.05, 0) is 47.8 Å². The van der Waals surface area contributed by atoms with E-state index < -0.39 is 0 Å². The molecular weight excluding hydrogens is 396 g/mol. The van der Waals surface area contributed by atoms with E-state index in [1.165, 1.54) is 5.69 Å². The summed E-state index contributed by atoms with van der Waals surface area (Å²) >= 11 is 1.63. The van der Waals surface area contributed by atoms with E-state index in [0.29, 0.717) is 12.5 Å². The van der Waals surface area contributed by atoms with E-state index in [2.05, 4.69) is 49.8 Å². The fraction of sp³-hybridized carbons (Fsp3) is 0.227. The van der Waals surface area contributed by atoms with Gasteiger partial charge in [0.2, 0.25) is 5.95 Å². The van der Waals surface area contributed by atoms with E-state index >= 15 is 0 Å². The molecule has 1 saturated heterocycles. The monoisotopic (exact) mass is 418 g/mol. The molecule has 1 fully saturated rings. The van der Waals surface area contributed by atoms with Gasteiger partial charge < -0.3 is 20.3 Å². The Kier molecular flexibility index (Phi) is 5.41. The molecule has 0 saturated carbocycles. The van der Waals surface area contributed by atoms with Crippen molar-refractivity contribution in [3.8, 4) is 0 Å². The van der Waals surface area contributed by atoms with Crippen molar-refractivity contribution in [1.29, 1.82) is 0 Å². The molecule has 0 bridgehead atoms. The first-order chi connectivity index (χ1) is 14.8. The van der Waals surface area contributed by atoms with Gasteiger partial charge in [-0.3, -0.25) is 4.98 Å². The predicted octanol–water partition coefficient (Wildman–Crippen LogP) is 4.28. The zero-order chi connectivity index (χ0) is 20.2. The van der Waals surface area contributed by atoms with E-state index in [9.17, 15) is 0 Å². The van der Waals surface area contributed by atoms with Crippen molar-refractivity contribution < 1.29 is 4.74 Å². The molecule has 5 rings (SSSR count). The highest BCUT2D eigenvalue weighted by Gasteiger charge is 2.12. The van der Waals surface area contributed by atoms with Crippen molar-refractivity contribution >= 4 is 44.7 Å². The minimum atomic E-state index is 0.574. The van der Waals surface area contributed by atoms with Crippen molar-refractivity contribution in [3.63, 3.8) is 0 Å². The summed E-state index contributed by atoms with van der Waals surface area (Å²) in [5.41, 5.74) is 4.08. The lowest BCUT2D eigenvalue weighted by Crippen LogP contribution is -2.36. The number of anilines is 4. The van der Waals surface area contributed by atoms with E-state index in [1.54, 1.807) is 17.5 Å². The first-order valence-electron chi connectivity index (χ1n) is 9.94. The van der Waals surface area contributed by atoms with Gasteiger partial charge in [0, 0.05) is 30.7 Å². The maximum absolute atomic E-state index is 5.44. The number of thiophene rings is 1. The highest BCUT2D eigenvalue weighted by Crippen LogP contribution is 2.30. The summed E-state index contributed by atoms with van der Waals surface area (Å²) in [6.07, 6.45) is 1.79. The second-order valence-electron chi connectivity index (χ2n) is 6.98. The molecule has 8 heteroatoms. The van der Waals surface area contributed by atoms with Crippen molar-refractivity contribution in [2.75, 3.05) is 41.8 Å². The number of rotatable bonds is 6. The Bertz CT molecular complexity index is 1110. The number of morpholine rings is 1. The van der Waals surface area contributed by atoms with Crippen molar-refractivity contribution in [2.24, 2.45) is 0 Å². The van der Waals surface area contributed by atoms with Crippen LogP contribution in [0.3, 0.4) is 0 Å². The Morgan fingerprint density at radius 1 is 1.00 bits per heavy atom. The molecule has 152 valence electrons. The molecule has 1 aliphatic rings. The molecule has 0 unspecified atom stereocenters. The first-order valence-corrected chi connectivity index (χ1v) is 10.8. The second-order valence-corrected chi connectivity index (χ2v) is 7.89. The number of aromatic nitrogens is 3. The summed E-state index contributed by atoms with van der Waals surface area (Å²) in [6, 6.07) is 16.3. The molecule has 0 aliphatic carbocycles. The van der Waals surface area contributed by atoms with Crippen molar-refractivity contribution in [2.45, 2.75) is 6.54 Å². The van der Waals surface area contributed by atoms with Gasteiger partial charge in [-0.15, -0.1) is 11.3 Å². The molecule has 4 heterocycles. The highest BCUT2D eigenvalue weighted by atomic mass is 32.1. The average molecular weight is 419 g/mol. The fourth-order valence-electron chi connectivity index (χ4n) is 3.41. The average Bonchev–Trinajstić information content (AvgIpc) is 3.29. The van der Waals surface area contributed by atoms with Gasteiger partial charge in [-0.1, -0.05) is 6.07 Å². The van der Waals surface area contributed by atoms with Crippen LogP contribution >= 0.6 is 11.3 Å². The number of ether oxygens (including phenoxy) is 1. The van der Waals surface area contributed by atoms with Crippen LogP contribution in [-0.4, -0.2) is 41.3 Å². The quantitative estimate of drug-likeness (QED) is 0.484. The summed E-state index contributed by atoms with van der Waals surface area (Å²) < 4.78 is 6.48. The molecule has 1 aliphatic heterocycles. The molecule has 3 aromatic heterocycles. The lowest BCUT2D eigenvalue weighted by atomic mass is 10.2. The number of benzene rings is 1.